The molecule has 0 fully saturated rings. The maximum atomic E-state index is 12.7. The lowest BCUT2D eigenvalue weighted by Gasteiger charge is -2.33. The average molecular weight is 385 g/mol. The van der Waals surface area contributed by atoms with Crippen molar-refractivity contribution in [3.05, 3.63) is 64.7 Å². The molecule has 0 radical (unpaired) electrons. The van der Waals surface area contributed by atoms with E-state index < -0.39 is 6.10 Å². The van der Waals surface area contributed by atoms with Gasteiger partial charge in [0.2, 0.25) is 5.91 Å². The van der Waals surface area contributed by atoms with E-state index in [-0.39, 0.29) is 11.8 Å². The van der Waals surface area contributed by atoms with Gasteiger partial charge in [0.25, 0.3) is 5.91 Å². The van der Waals surface area contributed by atoms with Crippen LogP contribution in [0.4, 0.5) is 11.4 Å². The van der Waals surface area contributed by atoms with E-state index in [9.17, 15) is 9.59 Å². The highest BCUT2D eigenvalue weighted by Gasteiger charge is 2.31. The third kappa shape index (κ3) is 4.49. The molecule has 0 bridgehead atoms. The second-order valence-corrected chi connectivity index (χ2v) is 7.14. The van der Waals surface area contributed by atoms with Crippen molar-refractivity contribution in [3.63, 3.8) is 0 Å². The second-order valence-electron chi connectivity index (χ2n) is 6.70. The standard InChI is InChI=1S/C21H21ClN2O3/c1-13(2)10-20(25)23-17-8-9-19-18(11-17)24(21(26)14(3)27-19)12-15-4-6-16(22)7-5-15/h4-11,14H,12H2,1-3H3,(H,23,25). The number of carbonyl (C=O) groups excluding carboxylic acids is 2. The first-order valence-electron chi connectivity index (χ1n) is 8.66. The van der Waals surface area contributed by atoms with Crippen molar-refractivity contribution in [2.24, 2.45) is 0 Å². The number of nitrogens with zero attached hydrogens (tertiary/aromatic N) is 1. The smallest absolute Gasteiger partial charge is 0.268 e. The zero-order chi connectivity index (χ0) is 19.6. The fourth-order valence-electron chi connectivity index (χ4n) is 2.86. The summed E-state index contributed by atoms with van der Waals surface area (Å²) in [5.74, 6) is 0.261. The number of nitrogens with one attached hydrogen (secondary N) is 1. The molecule has 140 valence electrons. The first-order valence-corrected chi connectivity index (χ1v) is 9.03. The predicted molar refractivity (Wildman–Crippen MR) is 107 cm³/mol. The molecule has 6 heteroatoms. The summed E-state index contributed by atoms with van der Waals surface area (Å²) in [7, 11) is 0. The summed E-state index contributed by atoms with van der Waals surface area (Å²) in [6, 6.07) is 12.6. The number of carbonyl (C=O) groups is 2. The molecule has 0 spiro atoms. The largest absolute Gasteiger partial charge is 0.479 e. The summed E-state index contributed by atoms with van der Waals surface area (Å²) in [4.78, 5) is 26.4. The maximum Gasteiger partial charge on any atom is 0.268 e. The van der Waals surface area contributed by atoms with Gasteiger partial charge in [0, 0.05) is 16.8 Å². The number of benzene rings is 2. The Hall–Kier alpha value is -2.79. The summed E-state index contributed by atoms with van der Waals surface area (Å²) in [6.45, 7) is 5.83. The first-order chi connectivity index (χ1) is 12.8. The molecule has 0 saturated heterocycles. The minimum absolute atomic E-state index is 0.134. The van der Waals surface area contributed by atoms with E-state index in [1.54, 1.807) is 42.2 Å². The molecule has 1 aliphatic heterocycles. The molecule has 27 heavy (non-hydrogen) atoms. The molecular weight excluding hydrogens is 364 g/mol. The number of allylic oxidation sites excluding steroid dienone is 1. The van der Waals surface area contributed by atoms with E-state index in [2.05, 4.69) is 5.32 Å². The molecule has 2 aromatic carbocycles. The number of hydrogen-bond acceptors (Lipinski definition) is 3. The van der Waals surface area contributed by atoms with Crippen LogP contribution in [0.15, 0.2) is 54.1 Å². The summed E-state index contributed by atoms with van der Waals surface area (Å²) in [6.07, 6.45) is 0.949. The summed E-state index contributed by atoms with van der Waals surface area (Å²) >= 11 is 5.95. The Labute approximate surface area is 163 Å². The van der Waals surface area contributed by atoms with Crippen molar-refractivity contribution in [1.82, 2.24) is 0 Å². The van der Waals surface area contributed by atoms with Crippen LogP contribution in [0.1, 0.15) is 26.3 Å². The molecule has 1 atom stereocenters. The van der Waals surface area contributed by atoms with Gasteiger partial charge in [0.1, 0.15) is 5.75 Å². The fraction of sp³-hybridized carbons (Fsp3) is 0.238. The number of rotatable bonds is 4. The summed E-state index contributed by atoms with van der Waals surface area (Å²) in [5.41, 5.74) is 3.08. The number of halogens is 1. The van der Waals surface area contributed by atoms with Gasteiger partial charge in [0.05, 0.1) is 12.2 Å². The number of hydrogen-bond donors (Lipinski definition) is 1. The van der Waals surface area contributed by atoms with Crippen molar-refractivity contribution >= 4 is 34.8 Å². The van der Waals surface area contributed by atoms with Gasteiger partial charge in [0.15, 0.2) is 6.10 Å². The quantitative estimate of drug-likeness (QED) is 0.786. The van der Waals surface area contributed by atoms with Gasteiger partial charge >= 0.3 is 0 Å². The van der Waals surface area contributed by atoms with Gasteiger partial charge in [-0.2, -0.15) is 0 Å². The average Bonchev–Trinajstić information content (AvgIpc) is 2.60. The van der Waals surface area contributed by atoms with Crippen LogP contribution in [0.25, 0.3) is 0 Å². The lowest BCUT2D eigenvalue weighted by Crippen LogP contribution is -2.44. The van der Waals surface area contributed by atoms with Crippen LogP contribution in [0.2, 0.25) is 5.02 Å². The lowest BCUT2D eigenvalue weighted by atomic mass is 10.1. The zero-order valence-corrected chi connectivity index (χ0v) is 16.2. The molecule has 5 nitrogen and oxygen atoms in total. The molecule has 1 aliphatic rings. The van der Waals surface area contributed by atoms with E-state index in [4.69, 9.17) is 16.3 Å². The van der Waals surface area contributed by atoms with Crippen LogP contribution >= 0.6 is 11.6 Å². The molecule has 1 N–H and O–H groups in total. The van der Waals surface area contributed by atoms with Crippen LogP contribution in [0.5, 0.6) is 5.75 Å². The van der Waals surface area contributed by atoms with Gasteiger partial charge in [-0.05, 0) is 56.7 Å². The molecular formula is C21H21ClN2O3. The van der Waals surface area contributed by atoms with Gasteiger partial charge in [-0.3, -0.25) is 9.59 Å². The van der Waals surface area contributed by atoms with Gasteiger partial charge in [-0.15, -0.1) is 0 Å². The Kier molecular flexibility index (Phi) is 5.51. The van der Waals surface area contributed by atoms with Crippen molar-refractivity contribution in [2.75, 3.05) is 10.2 Å². The number of ether oxygens (including phenoxy) is 1. The Morgan fingerprint density at radius 2 is 1.93 bits per heavy atom. The van der Waals surface area contributed by atoms with E-state index in [0.29, 0.717) is 28.7 Å². The van der Waals surface area contributed by atoms with Gasteiger partial charge in [-0.1, -0.05) is 29.3 Å². The van der Waals surface area contributed by atoms with Crippen LogP contribution in [-0.4, -0.2) is 17.9 Å². The van der Waals surface area contributed by atoms with Crippen LogP contribution in [-0.2, 0) is 16.1 Å². The van der Waals surface area contributed by atoms with Crippen molar-refractivity contribution in [3.8, 4) is 5.75 Å². The highest BCUT2D eigenvalue weighted by Crippen LogP contribution is 2.37. The monoisotopic (exact) mass is 384 g/mol. The van der Waals surface area contributed by atoms with Gasteiger partial charge in [-0.25, -0.2) is 0 Å². The highest BCUT2D eigenvalue weighted by molar-refractivity contribution is 6.30. The Balaban J connectivity index is 1.92. The normalized spacial score (nSPS) is 15.6. The molecule has 2 amide bonds. The topological polar surface area (TPSA) is 58.6 Å². The third-order valence-corrected chi connectivity index (χ3v) is 4.36. The first kappa shape index (κ1) is 19.0. The van der Waals surface area contributed by atoms with E-state index in [1.165, 1.54) is 6.08 Å². The zero-order valence-electron chi connectivity index (χ0n) is 15.5. The Morgan fingerprint density at radius 3 is 2.59 bits per heavy atom. The molecule has 1 heterocycles. The fourth-order valence-corrected chi connectivity index (χ4v) is 2.99. The second kappa shape index (κ2) is 7.84. The van der Waals surface area contributed by atoms with Crippen molar-refractivity contribution < 1.29 is 14.3 Å². The molecule has 2 aromatic rings. The number of amides is 2. The maximum absolute atomic E-state index is 12.7. The summed E-state index contributed by atoms with van der Waals surface area (Å²) in [5, 5.41) is 3.46. The molecule has 1 unspecified atom stereocenters. The molecule has 0 aromatic heterocycles. The van der Waals surface area contributed by atoms with Crippen LogP contribution in [0, 0.1) is 0 Å². The van der Waals surface area contributed by atoms with Crippen molar-refractivity contribution in [1.29, 1.82) is 0 Å². The number of anilines is 2. The molecule has 3 rings (SSSR count). The highest BCUT2D eigenvalue weighted by atomic mass is 35.5. The van der Waals surface area contributed by atoms with E-state index in [0.717, 1.165) is 11.1 Å². The minimum Gasteiger partial charge on any atom is -0.479 e. The predicted octanol–water partition coefficient (Wildman–Crippen LogP) is 4.56. The molecule has 0 aliphatic carbocycles. The molecule has 0 saturated carbocycles. The Bertz CT molecular complexity index is 902. The van der Waals surface area contributed by atoms with Crippen LogP contribution in [0.3, 0.4) is 0 Å². The number of fused-ring (bicyclic) bond motifs is 1. The van der Waals surface area contributed by atoms with E-state index in [1.807, 2.05) is 26.0 Å². The minimum atomic E-state index is -0.573. The summed E-state index contributed by atoms with van der Waals surface area (Å²) < 4.78 is 5.72. The van der Waals surface area contributed by atoms with Crippen LogP contribution < -0.4 is 15.0 Å². The van der Waals surface area contributed by atoms with Gasteiger partial charge < -0.3 is 15.0 Å². The van der Waals surface area contributed by atoms with Crippen molar-refractivity contribution in [2.45, 2.75) is 33.4 Å². The Morgan fingerprint density at radius 1 is 1.22 bits per heavy atom. The lowest BCUT2D eigenvalue weighted by molar-refractivity contribution is -0.125. The SMILES string of the molecule is CC(C)=CC(=O)Nc1ccc2c(c1)N(Cc1ccc(Cl)cc1)C(=O)C(C)O2. The third-order valence-electron chi connectivity index (χ3n) is 4.11. The van der Waals surface area contributed by atoms with E-state index >= 15 is 0 Å².